The summed E-state index contributed by atoms with van der Waals surface area (Å²) in [6.45, 7) is 2.60. The predicted molar refractivity (Wildman–Crippen MR) is 120 cm³/mol. The standard InChI is InChI=1S/C25H27N3O4/c1-30-21-11-9-18(10-12-21)23-22(17-28(26-23)20-7-3-2-4-8-20)24(29)27-13-5-6-19(16-27)25-31-14-15-32-25/h2-4,7-12,17,19,25H,5-6,13-16H2,1H3. The first-order valence-corrected chi connectivity index (χ1v) is 11.0. The van der Waals surface area contributed by atoms with E-state index in [0.29, 0.717) is 31.0 Å². The molecule has 2 saturated heterocycles. The quantitative estimate of drug-likeness (QED) is 0.613. The van der Waals surface area contributed by atoms with E-state index in [1.165, 1.54) is 0 Å². The molecule has 0 saturated carbocycles. The van der Waals surface area contributed by atoms with Crippen molar-refractivity contribution >= 4 is 5.91 Å². The number of hydrogen-bond donors (Lipinski definition) is 0. The van der Waals surface area contributed by atoms with Crippen molar-refractivity contribution in [3.05, 3.63) is 66.4 Å². The maximum Gasteiger partial charge on any atom is 0.257 e. The number of methoxy groups -OCH3 is 1. The van der Waals surface area contributed by atoms with Gasteiger partial charge in [-0.1, -0.05) is 18.2 Å². The molecule has 7 nitrogen and oxygen atoms in total. The number of likely N-dealkylation sites (tertiary alicyclic amines) is 1. The summed E-state index contributed by atoms with van der Waals surface area (Å²) >= 11 is 0. The minimum atomic E-state index is -0.210. The van der Waals surface area contributed by atoms with Crippen LogP contribution in [0.15, 0.2) is 60.8 Å². The number of ether oxygens (including phenoxy) is 3. The predicted octanol–water partition coefficient (Wildman–Crippen LogP) is 3.77. The molecule has 1 unspecified atom stereocenters. The first-order valence-electron chi connectivity index (χ1n) is 11.0. The Morgan fingerprint density at radius 3 is 2.53 bits per heavy atom. The van der Waals surface area contributed by atoms with Crippen molar-refractivity contribution in [3.63, 3.8) is 0 Å². The van der Waals surface area contributed by atoms with Gasteiger partial charge in [0.2, 0.25) is 0 Å². The van der Waals surface area contributed by atoms with Gasteiger partial charge in [0.05, 0.1) is 31.6 Å². The molecule has 2 fully saturated rings. The molecule has 0 bridgehead atoms. The second-order valence-electron chi connectivity index (χ2n) is 8.16. The minimum Gasteiger partial charge on any atom is -0.497 e. The van der Waals surface area contributed by atoms with Crippen LogP contribution in [0.1, 0.15) is 23.2 Å². The van der Waals surface area contributed by atoms with Crippen LogP contribution in [0.2, 0.25) is 0 Å². The first-order chi connectivity index (χ1) is 15.7. The molecule has 2 aliphatic heterocycles. The van der Waals surface area contributed by atoms with E-state index in [4.69, 9.17) is 19.3 Å². The second-order valence-corrected chi connectivity index (χ2v) is 8.16. The van der Waals surface area contributed by atoms with E-state index in [-0.39, 0.29) is 18.1 Å². The fourth-order valence-electron chi connectivity index (χ4n) is 4.44. The molecular weight excluding hydrogens is 406 g/mol. The molecule has 0 aliphatic carbocycles. The Kier molecular flexibility index (Phi) is 5.92. The Labute approximate surface area is 187 Å². The van der Waals surface area contributed by atoms with E-state index in [9.17, 15) is 4.79 Å². The summed E-state index contributed by atoms with van der Waals surface area (Å²) in [5.41, 5.74) is 3.04. The van der Waals surface area contributed by atoms with Gasteiger partial charge >= 0.3 is 0 Å². The van der Waals surface area contributed by atoms with E-state index < -0.39 is 0 Å². The summed E-state index contributed by atoms with van der Waals surface area (Å²) in [6, 6.07) is 17.5. The Bertz CT molecular complexity index is 1060. The smallest absolute Gasteiger partial charge is 0.257 e. The first kappa shape index (κ1) is 20.7. The summed E-state index contributed by atoms with van der Waals surface area (Å²) in [5, 5.41) is 4.80. The highest BCUT2D eigenvalue weighted by atomic mass is 16.7. The number of rotatable bonds is 5. The number of nitrogens with zero attached hydrogens (tertiary/aromatic N) is 3. The number of amides is 1. The average Bonchev–Trinajstić information content (AvgIpc) is 3.55. The molecule has 32 heavy (non-hydrogen) atoms. The van der Waals surface area contributed by atoms with Crippen molar-refractivity contribution in [2.45, 2.75) is 19.1 Å². The van der Waals surface area contributed by atoms with Crippen LogP contribution in [0.25, 0.3) is 16.9 Å². The van der Waals surface area contributed by atoms with Gasteiger partial charge in [-0.15, -0.1) is 0 Å². The molecule has 0 N–H and O–H groups in total. The molecule has 5 rings (SSSR count). The molecule has 1 amide bonds. The number of carbonyl (C=O) groups is 1. The van der Waals surface area contributed by atoms with Crippen LogP contribution in [0.3, 0.4) is 0 Å². The van der Waals surface area contributed by atoms with Gasteiger partial charge in [0.25, 0.3) is 5.91 Å². The van der Waals surface area contributed by atoms with E-state index >= 15 is 0 Å². The highest BCUT2D eigenvalue weighted by Gasteiger charge is 2.34. The molecule has 166 valence electrons. The van der Waals surface area contributed by atoms with Crippen LogP contribution in [-0.2, 0) is 9.47 Å². The fourth-order valence-corrected chi connectivity index (χ4v) is 4.44. The van der Waals surface area contributed by atoms with Crippen LogP contribution in [0, 0.1) is 5.92 Å². The number of carbonyl (C=O) groups excluding carboxylic acids is 1. The van der Waals surface area contributed by atoms with Crippen LogP contribution in [0.4, 0.5) is 0 Å². The van der Waals surface area contributed by atoms with Gasteiger partial charge in [-0.3, -0.25) is 4.79 Å². The lowest BCUT2D eigenvalue weighted by molar-refractivity contribution is -0.0969. The number of aromatic nitrogens is 2. The Morgan fingerprint density at radius 2 is 1.81 bits per heavy atom. The SMILES string of the molecule is COc1ccc(-c2nn(-c3ccccc3)cc2C(=O)N2CCCC(C3OCCO3)C2)cc1. The van der Waals surface area contributed by atoms with Gasteiger partial charge in [0, 0.05) is 30.8 Å². The molecule has 1 aromatic heterocycles. The van der Waals surface area contributed by atoms with E-state index in [1.54, 1.807) is 11.8 Å². The summed E-state index contributed by atoms with van der Waals surface area (Å²) in [6.07, 6.45) is 3.57. The third kappa shape index (κ3) is 4.13. The van der Waals surface area contributed by atoms with Crippen molar-refractivity contribution in [2.24, 2.45) is 5.92 Å². The Balaban J connectivity index is 1.48. The van der Waals surface area contributed by atoms with Crippen molar-refractivity contribution in [2.75, 3.05) is 33.4 Å². The summed E-state index contributed by atoms with van der Waals surface area (Å²) in [5.74, 6) is 0.948. The molecule has 2 aromatic carbocycles. The normalized spacial score (nSPS) is 19.3. The second kappa shape index (κ2) is 9.14. The maximum absolute atomic E-state index is 13.7. The van der Waals surface area contributed by atoms with E-state index in [0.717, 1.165) is 36.4 Å². The van der Waals surface area contributed by atoms with Gasteiger partial charge in [-0.25, -0.2) is 4.68 Å². The molecule has 0 radical (unpaired) electrons. The molecular formula is C25H27N3O4. The maximum atomic E-state index is 13.7. The van der Waals surface area contributed by atoms with Gasteiger partial charge in [-0.05, 0) is 49.2 Å². The molecule has 2 aliphatic rings. The number of hydrogen-bond acceptors (Lipinski definition) is 5. The average molecular weight is 434 g/mol. The highest BCUT2D eigenvalue weighted by Crippen LogP contribution is 2.30. The third-order valence-corrected chi connectivity index (χ3v) is 6.11. The number of piperidine rings is 1. The highest BCUT2D eigenvalue weighted by molar-refractivity contribution is 6.00. The Hall–Kier alpha value is -3.16. The molecule has 3 aromatic rings. The zero-order valence-electron chi connectivity index (χ0n) is 18.1. The molecule has 3 heterocycles. The van der Waals surface area contributed by atoms with Gasteiger partial charge in [0.15, 0.2) is 6.29 Å². The zero-order valence-corrected chi connectivity index (χ0v) is 18.1. The number of para-hydroxylation sites is 1. The van der Waals surface area contributed by atoms with Crippen molar-refractivity contribution in [1.82, 2.24) is 14.7 Å². The molecule has 0 spiro atoms. The summed E-state index contributed by atoms with van der Waals surface area (Å²) < 4.78 is 18.5. The zero-order chi connectivity index (χ0) is 21.9. The van der Waals surface area contributed by atoms with Crippen LogP contribution < -0.4 is 4.74 Å². The fraction of sp³-hybridized carbons (Fsp3) is 0.360. The monoisotopic (exact) mass is 433 g/mol. The summed E-state index contributed by atoms with van der Waals surface area (Å²) in [7, 11) is 1.64. The topological polar surface area (TPSA) is 65.8 Å². The Morgan fingerprint density at radius 1 is 1.06 bits per heavy atom. The van der Waals surface area contributed by atoms with Gasteiger partial charge < -0.3 is 19.1 Å². The van der Waals surface area contributed by atoms with Crippen molar-refractivity contribution in [3.8, 4) is 22.7 Å². The van der Waals surface area contributed by atoms with Crippen molar-refractivity contribution < 1.29 is 19.0 Å². The molecule has 1 atom stereocenters. The summed E-state index contributed by atoms with van der Waals surface area (Å²) in [4.78, 5) is 15.6. The number of benzene rings is 2. The lowest BCUT2D eigenvalue weighted by Gasteiger charge is -2.34. The lowest BCUT2D eigenvalue weighted by atomic mass is 9.96. The lowest BCUT2D eigenvalue weighted by Crippen LogP contribution is -2.43. The van der Waals surface area contributed by atoms with Crippen LogP contribution in [0.5, 0.6) is 5.75 Å². The van der Waals surface area contributed by atoms with Gasteiger partial charge in [-0.2, -0.15) is 5.10 Å². The van der Waals surface area contributed by atoms with Crippen LogP contribution >= 0.6 is 0 Å². The van der Waals surface area contributed by atoms with E-state index in [2.05, 4.69) is 0 Å². The minimum absolute atomic E-state index is 0.0132. The largest absolute Gasteiger partial charge is 0.497 e. The van der Waals surface area contributed by atoms with Crippen molar-refractivity contribution in [1.29, 1.82) is 0 Å². The third-order valence-electron chi connectivity index (χ3n) is 6.11. The van der Waals surface area contributed by atoms with Crippen LogP contribution in [-0.4, -0.2) is 60.3 Å². The van der Waals surface area contributed by atoms with Gasteiger partial charge in [0.1, 0.15) is 11.4 Å². The molecule has 7 heteroatoms. The van der Waals surface area contributed by atoms with E-state index in [1.807, 2.05) is 65.7 Å².